The molecule has 2 aromatic rings. The van der Waals surface area contributed by atoms with Gasteiger partial charge in [0.25, 0.3) is 0 Å². The first kappa shape index (κ1) is 11.3. The molecule has 0 fully saturated rings. The predicted octanol–water partition coefficient (Wildman–Crippen LogP) is 4.03. The molecule has 1 aliphatic rings. The van der Waals surface area contributed by atoms with Gasteiger partial charge in [0.15, 0.2) is 0 Å². The molecule has 1 atom stereocenters. The maximum atomic E-state index is 12.0. The van der Waals surface area contributed by atoms with Crippen LogP contribution < -0.4 is 4.74 Å². The summed E-state index contributed by atoms with van der Waals surface area (Å²) in [6.07, 6.45) is 3.04. The highest BCUT2D eigenvalue weighted by Gasteiger charge is 2.33. The number of esters is 1. The van der Waals surface area contributed by atoms with E-state index in [0.29, 0.717) is 0 Å². The van der Waals surface area contributed by atoms with Crippen molar-refractivity contribution in [1.82, 2.24) is 0 Å². The Morgan fingerprint density at radius 1 is 1.17 bits per heavy atom. The number of unbranched alkanes of at least 4 members (excludes halogenated alkanes) is 1. The molecule has 0 spiro atoms. The van der Waals surface area contributed by atoms with Gasteiger partial charge in [-0.15, -0.1) is 0 Å². The van der Waals surface area contributed by atoms with Crippen molar-refractivity contribution in [3.63, 3.8) is 0 Å². The third-order valence-electron chi connectivity index (χ3n) is 3.62. The Bertz CT molecular complexity index is 601. The zero-order chi connectivity index (χ0) is 12.5. The van der Waals surface area contributed by atoms with Crippen LogP contribution in [0, 0.1) is 0 Å². The van der Waals surface area contributed by atoms with E-state index in [0.717, 1.165) is 36.0 Å². The first-order valence-electron chi connectivity index (χ1n) is 6.54. The molecule has 1 heterocycles. The zero-order valence-electron chi connectivity index (χ0n) is 10.5. The molecule has 0 aromatic heterocycles. The molecule has 2 heteroatoms. The fraction of sp³-hybridized carbons (Fsp3) is 0.312. The maximum absolute atomic E-state index is 12.0. The lowest BCUT2D eigenvalue weighted by molar-refractivity contribution is -0.134. The smallest absolute Gasteiger partial charge is 0.318 e. The van der Waals surface area contributed by atoms with E-state index < -0.39 is 0 Å². The van der Waals surface area contributed by atoms with Crippen LogP contribution in [0.2, 0.25) is 0 Å². The second-order valence-electron chi connectivity index (χ2n) is 4.81. The first-order valence-corrected chi connectivity index (χ1v) is 6.54. The van der Waals surface area contributed by atoms with E-state index in [1.54, 1.807) is 0 Å². The molecule has 18 heavy (non-hydrogen) atoms. The van der Waals surface area contributed by atoms with Crippen LogP contribution in [0.15, 0.2) is 36.4 Å². The summed E-state index contributed by atoms with van der Waals surface area (Å²) in [4.78, 5) is 12.0. The Balaban J connectivity index is 2.14. The van der Waals surface area contributed by atoms with Gasteiger partial charge < -0.3 is 4.74 Å². The molecule has 2 aromatic carbocycles. The Kier molecular flexibility index (Phi) is 2.78. The number of fused-ring (bicyclic) bond motifs is 3. The van der Waals surface area contributed by atoms with E-state index >= 15 is 0 Å². The van der Waals surface area contributed by atoms with Crippen molar-refractivity contribution < 1.29 is 9.53 Å². The van der Waals surface area contributed by atoms with E-state index in [9.17, 15) is 4.79 Å². The van der Waals surface area contributed by atoms with E-state index in [4.69, 9.17) is 4.74 Å². The molecule has 1 aliphatic heterocycles. The third-order valence-corrected chi connectivity index (χ3v) is 3.62. The second-order valence-corrected chi connectivity index (χ2v) is 4.81. The van der Waals surface area contributed by atoms with Gasteiger partial charge in [0.1, 0.15) is 5.75 Å². The monoisotopic (exact) mass is 240 g/mol. The van der Waals surface area contributed by atoms with Gasteiger partial charge in [-0.25, -0.2) is 0 Å². The summed E-state index contributed by atoms with van der Waals surface area (Å²) >= 11 is 0. The van der Waals surface area contributed by atoms with Gasteiger partial charge >= 0.3 is 5.97 Å². The number of carbonyl (C=O) groups is 1. The van der Waals surface area contributed by atoms with Crippen molar-refractivity contribution in [2.24, 2.45) is 0 Å². The summed E-state index contributed by atoms with van der Waals surface area (Å²) in [6, 6.07) is 12.1. The topological polar surface area (TPSA) is 26.3 Å². The van der Waals surface area contributed by atoms with Gasteiger partial charge in [-0.2, -0.15) is 0 Å². The minimum absolute atomic E-state index is 0.0777. The number of carbonyl (C=O) groups excluding carboxylic acids is 1. The molecule has 0 radical (unpaired) electrons. The molecule has 3 rings (SSSR count). The van der Waals surface area contributed by atoms with Crippen LogP contribution in [-0.4, -0.2) is 5.97 Å². The normalized spacial score (nSPS) is 17.8. The molecule has 0 aliphatic carbocycles. The van der Waals surface area contributed by atoms with Crippen molar-refractivity contribution in [3.8, 4) is 5.75 Å². The molecule has 0 saturated carbocycles. The fourth-order valence-corrected chi connectivity index (χ4v) is 2.69. The summed E-state index contributed by atoms with van der Waals surface area (Å²) in [6.45, 7) is 2.14. The number of ether oxygens (including phenoxy) is 1. The second kappa shape index (κ2) is 4.45. The lowest BCUT2D eigenvalue weighted by Gasteiger charge is -2.09. The van der Waals surface area contributed by atoms with E-state index in [1.165, 1.54) is 5.39 Å². The standard InChI is InChI=1S/C16H16O2/c1-2-3-7-13-15-12-8-5-4-6-11(12)9-10-14(15)18-16(13)17/h4-6,8-10,13H,2-3,7H2,1H3. The van der Waals surface area contributed by atoms with Gasteiger partial charge in [-0.3, -0.25) is 4.79 Å². The highest BCUT2D eigenvalue weighted by atomic mass is 16.5. The molecular formula is C16H16O2. The van der Waals surface area contributed by atoms with Gasteiger partial charge in [0.05, 0.1) is 5.92 Å². The van der Waals surface area contributed by atoms with Crippen molar-refractivity contribution in [2.75, 3.05) is 0 Å². The average Bonchev–Trinajstić information content (AvgIpc) is 2.72. The molecule has 0 bridgehead atoms. The number of rotatable bonds is 3. The van der Waals surface area contributed by atoms with Crippen molar-refractivity contribution >= 4 is 16.7 Å². The van der Waals surface area contributed by atoms with Crippen molar-refractivity contribution in [2.45, 2.75) is 32.1 Å². The SMILES string of the molecule is CCCCC1C(=O)Oc2ccc3ccccc3c21. The van der Waals surface area contributed by atoms with E-state index in [1.807, 2.05) is 24.3 Å². The Labute approximate surface area is 107 Å². The Hall–Kier alpha value is -1.83. The van der Waals surface area contributed by atoms with Gasteiger partial charge in [0.2, 0.25) is 0 Å². The fourth-order valence-electron chi connectivity index (χ4n) is 2.69. The van der Waals surface area contributed by atoms with Crippen LogP contribution in [-0.2, 0) is 4.79 Å². The van der Waals surface area contributed by atoms with Crippen LogP contribution in [0.4, 0.5) is 0 Å². The molecule has 92 valence electrons. The molecular weight excluding hydrogens is 224 g/mol. The largest absolute Gasteiger partial charge is 0.426 e. The molecule has 1 unspecified atom stereocenters. The molecule has 2 nitrogen and oxygen atoms in total. The summed E-state index contributed by atoms with van der Waals surface area (Å²) in [5, 5.41) is 2.33. The van der Waals surface area contributed by atoms with E-state index in [2.05, 4.69) is 19.1 Å². The average molecular weight is 240 g/mol. The summed E-state index contributed by atoms with van der Waals surface area (Å²) < 4.78 is 5.39. The quantitative estimate of drug-likeness (QED) is 0.598. The molecule has 0 amide bonds. The van der Waals surface area contributed by atoms with Crippen LogP contribution >= 0.6 is 0 Å². The predicted molar refractivity (Wildman–Crippen MR) is 71.8 cm³/mol. The van der Waals surface area contributed by atoms with Crippen molar-refractivity contribution in [1.29, 1.82) is 0 Å². The Morgan fingerprint density at radius 2 is 2.00 bits per heavy atom. The summed E-state index contributed by atoms with van der Waals surface area (Å²) in [5.41, 5.74) is 1.09. The molecule has 0 N–H and O–H groups in total. The highest BCUT2D eigenvalue weighted by molar-refractivity contribution is 5.97. The maximum Gasteiger partial charge on any atom is 0.318 e. The Morgan fingerprint density at radius 3 is 2.83 bits per heavy atom. The molecule has 0 saturated heterocycles. The highest BCUT2D eigenvalue weighted by Crippen LogP contribution is 2.42. The van der Waals surface area contributed by atoms with Crippen LogP contribution in [0.3, 0.4) is 0 Å². The van der Waals surface area contributed by atoms with Gasteiger partial charge in [0, 0.05) is 5.56 Å². The van der Waals surface area contributed by atoms with Crippen molar-refractivity contribution in [3.05, 3.63) is 42.0 Å². The lowest BCUT2D eigenvalue weighted by atomic mass is 9.91. The number of hydrogen-bond acceptors (Lipinski definition) is 2. The van der Waals surface area contributed by atoms with E-state index in [-0.39, 0.29) is 11.9 Å². The number of benzene rings is 2. The summed E-state index contributed by atoms with van der Waals surface area (Å²) in [7, 11) is 0. The van der Waals surface area contributed by atoms with Crippen LogP contribution in [0.25, 0.3) is 10.8 Å². The summed E-state index contributed by atoms with van der Waals surface area (Å²) in [5.74, 6) is 0.584. The van der Waals surface area contributed by atoms with Crippen LogP contribution in [0.5, 0.6) is 5.75 Å². The van der Waals surface area contributed by atoms with Gasteiger partial charge in [-0.05, 0) is 23.3 Å². The minimum atomic E-state index is -0.0881. The van der Waals surface area contributed by atoms with Crippen LogP contribution in [0.1, 0.15) is 37.7 Å². The lowest BCUT2D eigenvalue weighted by Crippen LogP contribution is -2.10. The van der Waals surface area contributed by atoms with Gasteiger partial charge in [-0.1, -0.05) is 50.1 Å². The third kappa shape index (κ3) is 1.69. The zero-order valence-corrected chi connectivity index (χ0v) is 10.5. The minimum Gasteiger partial charge on any atom is -0.426 e. The number of hydrogen-bond donors (Lipinski definition) is 0. The first-order chi connectivity index (χ1) is 8.81.